The van der Waals surface area contributed by atoms with Crippen LogP contribution in [-0.4, -0.2) is 72.7 Å². The van der Waals surface area contributed by atoms with Gasteiger partial charge >= 0.3 is 6.03 Å². The van der Waals surface area contributed by atoms with E-state index in [2.05, 4.69) is 68.0 Å². The Morgan fingerprint density at radius 1 is 1.00 bits per heavy atom. The van der Waals surface area contributed by atoms with Gasteiger partial charge in [-0.25, -0.2) is 4.79 Å². The molecule has 0 spiro atoms. The maximum absolute atomic E-state index is 14.0. The van der Waals surface area contributed by atoms with E-state index < -0.39 is 41.8 Å². The third-order valence-corrected chi connectivity index (χ3v) is 7.01. The van der Waals surface area contributed by atoms with Crippen molar-refractivity contribution in [2.45, 2.75) is 146 Å². The number of rotatable bonds is 11. The lowest BCUT2D eigenvalue weighted by molar-refractivity contribution is -0.143. The Morgan fingerprint density at radius 3 is 2.10 bits per heavy atom. The first-order valence-electron chi connectivity index (χ1n) is 19.4. The highest BCUT2D eigenvalue weighted by Crippen LogP contribution is 2.29. The van der Waals surface area contributed by atoms with Gasteiger partial charge in [0.1, 0.15) is 12.1 Å². The molecule has 0 aromatic rings. The molecular weight excluding hydrogens is 654 g/mol. The SMILES string of the molecule is C#CCCC(NC(=O)C1CCCN1C(=O)C(NC(=O)NC)C1CC(=C)/C=C\C=C/C(C)C1)C(=O)C(=O)NCC=C.CC.CC.CC.CCC.CCC. The first-order valence-corrected chi connectivity index (χ1v) is 19.4. The molecule has 0 aromatic carbocycles. The zero-order valence-electron chi connectivity index (χ0n) is 34.8. The molecule has 1 heterocycles. The highest BCUT2D eigenvalue weighted by atomic mass is 16.2. The van der Waals surface area contributed by atoms with Gasteiger partial charge in [0.05, 0.1) is 6.04 Å². The van der Waals surface area contributed by atoms with Crippen LogP contribution in [0.5, 0.6) is 0 Å². The van der Waals surface area contributed by atoms with E-state index in [1.165, 1.54) is 30.9 Å². The average Bonchev–Trinajstić information content (AvgIpc) is 3.67. The van der Waals surface area contributed by atoms with Gasteiger partial charge in [-0.05, 0) is 43.9 Å². The van der Waals surface area contributed by atoms with E-state index in [1.807, 2.05) is 72.8 Å². The van der Waals surface area contributed by atoms with Crippen molar-refractivity contribution < 1.29 is 24.0 Å². The van der Waals surface area contributed by atoms with Gasteiger partial charge < -0.3 is 26.2 Å². The summed E-state index contributed by atoms with van der Waals surface area (Å²) in [6, 6.07) is -3.41. The Balaban J connectivity index is -0.000000854. The van der Waals surface area contributed by atoms with Gasteiger partial charge in [0.15, 0.2) is 0 Å². The van der Waals surface area contributed by atoms with Gasteiger partial charge in [0.2, 0.25) is 17.6 Å². The number of carbonyl (C=O) groups is 5. The second-order valence-electron chi connectivity index (χ2n) is 11.6. The molecule has 4 N–H and O–H groups in total. The number of hydrogen-bond acceptors (Lipinski definition) is 5. The van der Waals surface area contributed by atoms with Crippen LogP contribution in [0.2, 0.25) is 0 Å². The Morgan fingerprint density at radius 2 is 1.58 bits per heavy atom. The van der Waals surface area contributed by atoms with Crippen molar-refractivity contribution in [2.24, 2.45) is 11.8 Å². The minimum atomic E-state index is -1.14. The minimum Gasteiger partial charge on any atom is -0.346 e. The number of carbonyl (C=O) groups excluding carboxylic acids is 5. The summed E-state index contributed by atoms with van der Waals surface area (Å²) in [6.07, 6.45) is 19.3. The molecule has 1 aliphatic heterocycles. The van der Waals surface area contributed by atoms with E-state index in [0.29, 0.717) is 32.2 Å². The van der Waals surface area contributed by atoms with Crippen LogP contribution in [0.15, 0.2) is 49.1 Å². The van der Waals surface area contributed by atoms with Gasteiger partial charge in [-0.1, -0.05) is 132 Å². The molecule has 52 heavy (non-hydrogen) atoms. The van der Waals surface area contributed by atoms with Crippen LogP contribution >= 0.6 is 0 Å². The van der Waals surface area contributed by atoms with Crippen molar-refractivity contribution in [3.8, 4) is 12.3 Å². The van der Waals surface area contributed by atoms with Gasteiger partial charge in [-0.3, -0.25) is 19.2 Å². The summed E-state index contributed by atoms with van der Waals surface area (Å²) in [5, 5.41) is 10.4. The van der Waals surface area contributed by atoms with Gasteiger partial charge in [-0.15, -0.1) is 18.9 Å². The Bertz CT molecular complexity index is 1120. The van der Waals surface area contributed by atoms with E-state index in [1.54, 1.807) is 0 Å². The third kappa shape index (κ3) is 23.4. The summed E-state index contributed by atoms with van der Waals surface area (Å²) in [7, 11) is 1.47. The standard InChI is InChI=1S/C30H41N5O5.2C3H8.3C2H6/c1-6-8-14-23(26(36)28(38)32-16-7-2)33-27(37)24-15-11-17-35(24)29(39)25(34-30(40)31-5)22-18-20(3)12-9-10-13-21(4)19-22;2*1-3-2;3*1-2/h1,7,9-10,12-13,21-25H,2-3,8,11,14-19H2,4-5H3,(H,32,38)(H,33,37)(H2,31,34,40);2*3H2,1-2H3;3*1-2H3/b12-9-,13-10-;;;;;. The second-order valence-corrected chi connectivity index (χ2v) is 11.6. The molecule has 1 fully saturated rings. The number of Topliss-reactive ketones (excluding diaryl/α,β-unsaturated/α-hetero) is 1. The van der Waals surface area contributed by atoms with E-state index in [0.717, 1.165) is 5.57 Å². The number of nitrogens with zero attached hydrogens (tertiary/aromatic N) is 1. The van der Waals surface area contributed by atoms with Gasteiger partial charge in [-0.2, -0.15) is 0 Å². The Hall–Kier alpha value is -4.13. The van der Waals surface area contributed by atoms with Crippen LogP contribution in [0.4, 0.5) is 4.79 Å². The maximum atomic E-state index is 14.0. The second kappa shape index (κ2) is 36.7. The van der Waals surface area contributed by atoms with Crippen LogP contribution in [0.3, 0.4) is 0 Å². The predicted molar refractivity (Wildman–Crippen MR) is 220 cm³/mol. The van der Waals surface area contributed by atoms with Crippen LogP contribution < -0.4 is 21.3 Å². The van der Waals surface area contributed by atoms with Crippen molar-refractivity contribution in [1.29, 1.82) is 0 Å². The third-order valence-electron chi connectivity index (χ3n) is 7.01. The zero-order valence-corrected chi connectivity index (χ0v) is 34.8. The van der Waals surface area contributed by atoms with Gasteiger partial charge in [0.25, 0.3) is 5.91 Å². The summed E-state index contributed by atoms with van der Waals surface area (Å²) >= 11 is 0. The summed E-state index contributed by atoms with van der Waals surface area (Å²) in [5.74, 6) is -0.319. The molecule has 1 aliphatic carbocycles. The zero-order chi connectivity index (χ0) is 41.1. The molecule has 0 radical (unpaired) electrons. The maximum Gasteiger partial charge on any atom is 0.315 e. The Kier molecular flexibility index (Phi) is 38.5. The van der Waals surface area contributed by atoms with Gasteiger partial charge in [0, 0.05) is 26.6 Å². The predicted octanol–water partition coefficient (Wildman–Crippen LogP) is 7.67. The molecule has 0 aromatic heterocycles. The van der Waals surface area contributed by atoms with Crippen molar-refractivity contribution in [2.75, 3.05) is 20.1 Å². The molecule has 0 saturated carbocycles. The fourth-order valence-corrected chi connectivity index (χ4v) is 4.99. The molecule has 2 rings (SSSR count). The average molecular weight is 730 g/mol. The smallest absolute Gasteiger partial charge is 0.315 e. The monoisotopic (exact) mass is 730 g/mol. The number of ketones is 1. The van der Waals surface area contributed by atoms with E-state index in [4.69, 9.17) is 6.42 Å². The fraction of sp³-hybridized carbons (Fsp3) is 0.643. The van der Waals surface area contributed by atoms with Crippen molar-refractivity contribution in [1.82, 2.24) is 26.2 Å². The molecule has 2 aliphatic rings. The molecule has 5 amide bonds. The molecule has 0 bridgehead atoms. The van der Waals surface area contributed by atoms with E-state index in [-0.39, 0.29) is 37.1 Å². The number of allylic oxidation sites excluding steroid dienone is 5. The number of likely N-dealkylation sites (tertiary alicyclic amines) is 1. The Labute approximate surface area is 318 Å². The van der Waals surface area contributed by atoms with Crippen LogP contribution in [0, 0.1) is 24.2 Å². The normalized spacial score (nSPS) is 19.2. The number of hydrogen-bond donors (Lipinski definition) is 4. The summed E-state index contributed by atoms with van der Waals surface area (Å²) in [6.45, 7) is 30.6. The minimum absolute atomic E-state index is 0.0766. The lowest BCUT2D eigenvalue weighted by Gasteiger charge is -2.34. The lowest BCUT2D eigenvalue weighted by Crippen LogP contribution is -2.58. The number of nitrogens with one attached hydrogen (secondary N) is 4. The molecule has 10 nitrogen and oxygen atoms in total. The molecular formula is C42H75N5O5. The highest BCUT2D eigenvalue weighted by Gasteiger charge is 2.41. The van der Waals surface area contributed by atoms with E-state index in [9.17, 15) is 24.0 Å². The van der Waals surface area contributed by atoms with E-state index >= 15 is 0 Å². The summed E-state index contributed by atoms with van der Waals surface area (Å²) in [4.78, 5) is 66.3. The molecule has 5 atom stereocenters. The van der Waals surface area contributed by atoms with Crippen molar-refractivity contribution >= 4 is 29.5 Å². The summed E-state index contributed by atoms with van der Waals surface area (Å²) in [5.41, 5.74) is 0.820. The quantitative estimate of drug-likeness (QED) is 0.0983. The lowest BCUT2D eigenvalue weighted by atomic mass is 9.84. The first kappa shape index (κ1) is 54.6. The van der Waals surface area contributed by atoms with Crippen LogP contribution in [0.25, 0.3) is 0 Å². The van der Waals surface area contributed by atoms with Crippen LogP contribution in [-0.2, 0) is 19.2 Å². The fourth-order valence-electron chi connectivity index (χ4n) is 4.99. The summed E-state index contributed by atoms with van der Waals surface area (Å²) < 4.78 is 0. The van der Waals surface area contributed by atoms with Crippen LogP contribution in [0.1, 0.15) is 128 Å². The molecule has 5 unspecified atom stereocenters. The molecule has 1 saturated heterocycles. The largest absolute Gasteiger partial charge is 0.346 e. The number of urea groups is 1. The van der Waals surface area contributed by atoms with Crippen molar-refractivity contribution in [3.05, 3.63) is 49.1 Å². The van der Waals surface area contributed by atoms with Crippen molar-refractivity contribution in [3.63, 3.8) is 0 Å². The first-order chi connectivity index (χ1) is 24.9. The topological polar surface area (TPSA) is 137 Å². The highest BCUT2D eigenvalue weighted by molar-refractivity contribution is 6.38. The number of amides is 5. The molecule has 298 valence electrons. The molecule has 10 heteroatoms. The number of terminal acetylenes is 1.